The van der Waals surface area contributed by atoms with Crippen LogP contribution >= 0.6 is 0 Å². The minimum absolute atomic E-state index is 0.0290. The van der Waals surface area contributed by atoms with E-state index in [1.807, 2.05) is 6.92 Å². The first-order valence-corrected chi connectivity index (χ1v) is 13.9. The second-order valence-electron chi connectivity index (χ2n) is 9.58. The van der Waals surface area contributed by atoms with E-state index in [0.29, 0.717) is 38.2 Å². The van der Waals surface area contributed by atoms with Crippen molar-refractivity contribution in [1.82, 2.24) is 15.2 Å². The molecule has 0 radical (unpaired) electrons. The fourth-order valence-corrected chi connectivity index (χ4v) is 5.42. The molecule has 2 aliphatic rings. The van der Waals surface area contributed by atoms with E-state index in [-0.39, 0.29) is 28.1 Å². The van der Waals surface area contributed by atoms with Gasteiger partial charge in [0.25, 0.3) is 5.91 Å². The molecule has 1 aromatic carbocycles. The van der Waals surface area contributed by atoms with Crippen molar-refractivity contribution >= 4 is 21.7 Å². The summed E-state index contributed by atoms with van der Waals surface area (Å²) in [4.78, 5) is 32.1. The zero-order chi connectivity index (χ0) is 27.1. The summed E-state index contributed by atoms with van der Waals surface area (Å²) in [5, 5.41) is 2.52. The Morgan fingerprint density at radius 3 is 2.41 bits per heavy atom. The third kappa shape index (κ3) is 5.78. The predicted molar refractivity (Wildman–Crippen MR) is 126 cm³/mol. The summed E-state index contributed by atoms with van der Waals surface area (Å²) in [6, 6.07) is 2.82. The van der Waals surface area contributed by atoms with Crippen LogP contribution in [-0.2, 0) is 20.8 Å². The number of carbonyl (C=O) groups is 2. The van der Waals surface area contributed by atoms with E-state index in [4.69, 9.17) is 0 Å². The van der Waals surface area contributed by atoms with Crippen LogP contribution in [0.4, 0.5) is 17.6 Å². The van der Waals surface area contributed by atoms with E-state index >= 15 is 0 Å². The van der Waals surface area contributed by atoms with Gasteiger partial charge < -0.3 is 10.2 Å². The lowest BCUT2D eigenvalue weighted by molar-refractivity contribution is -0.137. The fraction of sp³-hybridized carbons (Fsp3) is 0.480. The van der Waals surface area contributed by atoms with Crippen molar-refractivity contribution in [3.8, 4) is 0 Å². The van der Waals surface area contributed by atoms with Gasteiger partial charge in [0.15, 0.2) is 14.9 Å². The molecule has 1 saturated carbocycles. The van der Waals surface area contributed by atoms with Gasteiger partial charge in [0.2, 0.25) is 5.91 Å². The summed E-state index contributed by atoms with van der Waals surface area (Å²) in [5.41, 5.74) is -1.07. The Bertz CT molecular complexity index is 1310. The fourth-order valence-electron chi connectivity index (χ4n) is 4.83. The Hall–Kier alpha value is -3.02. The van der Waals surface area contributed by atoms with Crippen molar-refractivity contribution in [1.29, 1.82) is 0 Å². The predicted octanol–water partition coefficient (Wildman–Crippen LogP) is 4.29. The molecular formula is C25H27F4N3O4S. The quantitative estimate of drug-likeness (QED) is 0.528. The molecule has 7 nitrogen and oxygen atoms in total. The second-order valence-corrected chi connectivity index (χ2v) is 11.5. The number of rotatable bonds is 7. The van der Waals surface area contributed by atoms with E-state index in [9.17, 15) is 35.6 Å². The van der Waals surface area contributed by atoms with Gasteiger partial charge in [0.1, 0.15) is 11.9 Å². The third-order valence-corrected chi connectivity index (χ3v) is 7.91. The van der Waals surface area contributed by atoms with Crippen LogP contribution in [0.3, 0.4) is 0 Å². The summed E-state index contributed by atoms with van der Waals surface area (Å²) < 4.78 is 77.5. The summed E-state index contributed by atoms with van der Waals surface area (Å²) in [5.74, 6) is -2.23. The molecule has 2 fully saturated rings. The molecule has 2 heterocycles. The number of halogens is 4. The molecule has 0 spiro atoms. The van der Waals surface area contributed by atoms with E-state index in [2.05, 4.69) is 10.3 Å². The van der Waals surface area contributed by atoms with Gasteiger partial charge in [-0.2, -0.15) is 13.2 Å². The van der Waals surface area contributed by atoms with Gasteiger partial charge in [-0.1, -0.05) is 13.0 Å². The number of alkyl halides is 3. The molecule has 0 bridgehead atoms. The first-order chi connectivity index (χ1) is 17.3. The van der Waals surface area contributed by atoms with Crippen LogP contribution in [0.25, 0.3) is 0 Å². The Labute approximate surface area is 212 Å². The molecular weight excluding hydrogens is 514 g/mol. The van der Waals surface area contributed by atoms with E-state index < -0.39 is 51.3 Å². The van der Waals surface area contributed by atoms with Crippen molar-refractivity contribution < 1.29 is 35.6 Å². The number of likely N-dealkylation sites (tertiary alicyclic amines) is 1. The lowest BCUT2D eigenvalue weighted by atomic mass is 9.99. The first-order valence-electron chi connectivity index (χ1n) is 12.0. The smallest absolute Gasteiger partial charge is 0.347 e. The van der Waals surface area contributed by atoms with Crippen molar-refractivity contribution in [3.63, 3.8) is 0 Å². The maximum atomic E-state index is 14.8. The van der Waals surface area contributed by atoms with Gasteiger partial charge in [-0.25, -0.2) is 17.8 Å². The highest BCUT2D eigenvalue weighted by molar-refractivity contribution is 7.90. The highest BCUT2D eigenvalue weighted by Crippen LogP contribution is 2.43. The average Bonchev–Trinajstić information content (AvgIpc) is 3.58. The summed E-state index contributed by atoms with van der Waals surface area (Å²) >= 11 is 0. The number of amides is 2. The number of aromatic nitrogens is 1. The van der Waals surface area contributed by atoms with Gasteiger partial charge >= 0.3 is 6.18 Å². The normalized spacial score (nSPS) is 21.1. The number of sulfone groups is 1. The van der Waals surface area contributed by atoms with Gasteiger partial charge in [0.05, 0.1) is 11.6 Å². The summed E-state index contributed by atoms with van der Waals surface area (Å²) in [7, 11) is -3.66. The lowest BCUT2D eigenvalue weighted by Crippen LogP contribution is -2.49. The lowest BCUT2D eigenvalue weighted by Gasteiger charge is -2.31. The molecule has 1 unspecified atom stereocenters. The molecule has 200 valence electrons. The third-order valence-electron chi connectivity index (χ3n) is 6.93. The van der Waals surface area contributed by atoms with Crippen molar-refractivity contribution in [2.24, 2.45) is 5.92 Å². The largest absolute Gasteiger partial charge is 0.416 e. The van der Waals surface area contributed by atoms with Crippen molar-refractivity contribution in [2.45, 2.75) is 68.4 Å². The van der Waals surface area contributed by atoms with Crippen molar-refractivity contribution in [2.75, 3.05) is 6.26 Å². The van der Waals surface area contributed by atoms with E-state index in [1.54, 1.807) is 0 Å². The molecule has 3 atom stereocenters. The summed E-state index contributed by atoms with van der Waals surface area (Å²) in [6.07, 6.45) is 0.291. The molecule has 1 saturated heterocycles. The van der Waals surface area contributed by atoms with Crippen LogP contribution < -0.4 is 5.32 Å². The first kappa shape index (κ1) is 27.0. The Balaban J connectivity index is 1.60. The number of nitrogens with zero attached hydrogens (tertiary/aromatic N) is 2. The maximum absolute atomic E-state index is 14.8. The maximum Gasteiger partial charge on any atom is 0.416 e. The summed E-state index contributed by atoms with van der Waals surface area (Å²) in [6.45, 7) is 1.87. The van der Waals surface area contributed by atoms with E-state index in [1.165, 1.54) is 23.2 Å². The molecule has 1 aliphatic heterocycles. The number of benzene rings is 1. The Morgan fingerprint density at radius 2 is 1.84 bits per heavy atom. The van der Waals surface area contributed by atoms with Gasteiger partial charge in [-0.15, -0.1) is 0 Å². The molecule has 37 heavy (non-hydrogen) atoms. The topological polar surface area (TPSA) is 96.4 Å². The average molecular weight is 542 g/mol. The van der Waals surface area contributed by atoms with Crippen LogP contribution in [0.1, 0.15) is 66.6 Å². The molecule has 2 aromatic rings. The van der Waals surface area contributed by atoms with E-state index in [0.717, 1.165) is 18.4 Å². The Kier molecular flexibility index (Phi) is 7.33. The van der Waals surface area contributed by atoms with Crippen LogP contribution in [-0.4, -0.2) is 48.5 Å². The van der Waals surface area contributed by atoms with Crippen molar-refractivity contribution in [3.05, 3.63) is 59.0 Å². The number of nitrogens with one attached hydrogen (secondary N) is 1. The van der Waals surface area contributed by atoms with Gasteiger partial charge in [-0.05, 0) is 62.3 Å². The zero-order valence-electron chi connectivity index (χ0n) is 20.3. The highest BCUT2D eigenvalue weighted by atomic mass is 32.2. The minimum atomic E-state index is -4.69. The molecule has 4 rings (SSSR count). The van der Waals surface area contributed by atoms with Crippen LogP contribution in [0.5, 0.6) is 0 Å². The molecule has 2 amide bonds. The second kappa shape index (κ2) is 10.0. The minimum Gasteiger partial charge on any atom is -0.347 e. The van der Waals surface area contributed by atoms with Crippen LogP contribution in [0.2, 0.25) is 0 Å². The monoisotopic (exact) mass is 541 g/mol. The standard InChI is InChI=1S/C25H27F4N3O4S/c1-3-17-7-9-20(32(17)24(34)15-10-11-30-21(12-15)37(2,35)36)23(33)31-22(14-4-5-14)18-8-6-16(13-19(18)26)25(27,28)29/h6,8,10-14,17,20,22H,3-5,7,9H2,1-2H3,(H,31,33)/t17-,20-,22?/m1/s1. The number of hydrogen-bond acceptors (Lipinski definition) is 5. The highest BCUT2D eigenvalue weighted by Gasteiger charge is 2.43. The SMILES string of the molecule is CC[C@@H]1CC[C@H](C(=O)NC(c2ccc(C(F)(F)F)cc2F)C2CC2)N1C(=O)c1ccnc(S(C)(=O)=O)c1. The Morgan fingerprint density at radius 1 is 1.14 bits per heavy atom. The molecule has 1 N–H and O–H groups in total. The van der Waals surface area contributed by atoms with Crippen LogP contribution in [0.15, 0.2) is 41.6 Å². The molecule has 1 aliphatic carbocycles. The number of carbonyl (C=O) groups excluding carboxylic acids is 2. The van der Waals surface area contributed by atoms with Gasteiger partial charge in [-0.3, -0.25) is 9.59 Å². The zero-order valence-corrected chi connectivity index (χ0v) is 21.1. The van der Waals surface area contributed by atoms with Gasteiger partial charge in [0, 0.05) is 29.6 Å². The molecule has 1 aromatic heterocycles. The van der Waals surface area contributed by atoms with Crippen LogP contribution in [0, 0.1) is 11.7 Å². The number of pyridine rings is 1. The number of hydrogen-bond donors (Lipinski definition) is 1. The molecule has 12 heteroatoms.